The van der Waals surface area contributed by atoms with Gasteiger partial charge in [-0.05, 0) is 72.6 Å². The number of nitrogens with one attached hydrogen (secondary N) is 2. The summed E-state index contributed by atoms with van der Waals surface area (Å²) in [7, 11) is 0. The third-order valence-corrected chi connectivity index (χ3v) is 6.41. The van der Waals surface area contributed by atoms with E-state index < -0.39 is 0 Å². The van der Waals surface area contributed by atoms with Crippen molar-refractivity contribution in [2.45, 2.75) is 38.8 Å². The molecule has 1 aliphatic heterocycles. The van der Waals surface area contributed by atoms with E-state index in [0.717, 1.165) is 37.9 Å². The van der Waals surface area contributed by atoms with Crippen molar-refractivity contribution in [3.63, 3.8) is 0 Å². The lowest BCUT2D eigenvalue weighted by Gasteiger charge is -2.30. The van der Waals surface area contributed by atoms with Gasteiger partial charge in [-0.15, -0.1) is 0 Å². The fourth-order valence-corrected chi connectivity index (χ4v) is 4.75. The third kappa shape index (κ3) is 3.16. The van der Waals surface area contributed by atoms with Gasteiger partial charge in [-0.3, -0.25) is 9.59 Å². The van der Waals surface area contributed by atoms with Crippen LogP contribution in [0.4, 0.5) is 0 Å². The van der Waals surface area contributed by atoms with Gasteiger partial charge in [0.15, 0.2) is 0 Å². The average molecular weight is 357 g/mol. The van der Waals surface area contributed by atoms with E-state index in [0.29, 0.717) is 18.2 Å². The number of pyridine rings is 1. The number of H-pyrrole nitrogens is 1. The highest BCUT2D eigenvalue weighted by Crippen LogP contribution is 2.56. The predicted octanol–water partition coefficient (Wildman–Crippen LogP) is 2.53. The lowest BCUT2D eigenvalue weighted by Crippen LogP contribution is -2.39. The number of aromatic amines is 1. The highest BCUT2D eigenvalue weighted by molar-refractivity contribution is 7.07. The van der Waals surface area contributed by atoms with Crippen LogP contribution in [0.25, 0.3) is 0 Å². The van der Waals surface area contributed by atoms with E-state index in [4.69, 9.17) is 0 Å². The maximum atomic E-state index is 13.3. The minimum atomic E-state index is -0.167. The number of thiophene rings is 1. The van der Waals surface area contributed by atoms with Crippen molar-refractivity contribution in [1.29, 1.82) is 0 Å². The van der Waals surface area contributed by atoms with E-state index in [2.05, 4.69) is 27.1 Å². The molecule has 1 saturated carbocycles. The molecule has 0 aromatic carbocycles. The minimum absolute atomic E-state index is 0.0281. The smallest absolute Gasteiger partial charge is 0.256 e. The molecule has 2 aromatic heterocycles. The standard InChI is InChI=1S/C19H23N3O2S/c1-13-8-17(23)21-10-15(13)18(24)22(11-14-2-7-25-12-14)16-9-19(16)3-5-20-6-4-19/h2,7-8,10,12,16,20H,3-6,9,11H2,1H3,(H,21,23). The van der Waals surface area contributed by atoms with Crippen molar-refractivity contribution in [2.75, 3.05) is 13.1 Å². The van der Waals surface area contributed by atoms with Gasteiger partial charge < -0.3 is 15.2 Å². The van der Waals surface area contributed by atoms with Crippen LogP contribution >= 0.6 is 11.3 Å². The van der Waals surface area contributed by atoms with Crippen LogP contribution < -0.4 is 10.9 Å². The SMILES string of the molecule is Cc1cc(=O)[nH]cc1C(=O)N(Cc1ccsc1)C1CC12CCNCC2. The molecule has 1 unspecified atom stereocenters. The number of rotatable bonds is 4. The molecule has 1 spiro atoms. The van der Waals surface area contributed by atoms with Crippen molar-refractivity contribution < 1.29 is 4.79 Å². The lowest BCUT2D eigenvalue weighted by atomic mass is 9.93. The summed E-state index contributed by atoms with van der Waals surface area (Å²) in [6.07, 6.45) is 4.93. The van der Waals surface area contributed by atoms with Crippen LogP contribution in [0.5, 0.6) is 0 Å². The van der Waals surface area contributed by atoms with E-state index in [-0.39, 0.29) is 16.9 Å². The van der Waals surface area contributed by atoms with Gasteiger partial charge in [-0.1, -0.05) is 0 Å². The quantitative estimate of drug-likeness (QED) is 0.884. The summed E-state index contributed by atoms with van der Waals surface area (Å²) < 4.78 is 0. The zero-order chi connectivity index (χ0) is 17.4. The Labute approximate surface area is 151 Å². The second-order valence-corrected chi connectivity index (χ2v) is 8.07. The second kappa shape index (κ2) is 6.42. The van der Waals surface area contributed by atoms with Gasteiger partial charge in [-0.25, -0.2) is 0 Å². The molecule has 3 heterocycles. The highest BCUT2D eigenvalue weighted by atomic mass is 32.1. The highest BCUT2D eigenvalue weighted by Gasteiger charge is 2.57. The van der Waals surface area contributed by atoms with Crippen LogP contribution in [0.1, 0.15) is 40.7 Å². The van der Waals surface area contributed by atoms with Crippen LogP contribution in [0, 0.1) is 12.3 Å². The summed E-state index contributed by atoms with van der Waals surface area (Å²) in [6.45, 7) is 4.54. The monoisotopic (exact) mass is 357 g/mol. The number of carbonyl (C=O) groups excluding carboxylic acids is 1. The number of amides is 1. The van der Waals surface area contributed by atoms with Gasteiger partial charge in [0.1, 0.15) is 0 Å². The van der Waals surface area contributed by atoms with Gasteiger partial charge in [0.05, 0.1) is 5.56 Å². The summed E-state index contributed by atoms with van der Waals surface area (Å²) in [6, 6.07) is 3.89. The molecule has 1 atom stereocenters. The normalized spacial score (nSPS) is 21.2. The van der Waals surface area contributed by atoms with Crippen molar-refractivity contribution in [2.24, 2.45) is 5.41 Å². The third-order valence-electron chi connectivity index (χ3n) is 5.68. The Morgan fingerprint density at radius 2 is 2.20 bits per heavy atom. The maximum absolute atomic E-state index is 13.3. The lowest BCUT2D eigenvalue weighted by molar-refractivity contribution is 0.0691. The van der Waals surface area contributed by atoms with Crippen molar-refractivity contribution in [3.05, 3.63) is 56.1 Å². The first kappa shape index (κ1) is 16.5. The van der Waals surface area contributed by atoms with Gasteiger partial charge in [0, 0.05) is 24.8 Å². The van der Waals surface area contributed by atoms with E-state index in [1.807, 2.05) is 11.8 Å². The molecule has 4 rings (SSSR count). The molecule has 1 amide bonds. The van der Waals surface area contributed by atoms with Crippen LogP contribution in [0.3, 0.4) is 0 Å². The first-order chi connectivity index (χ1) is 12.1. The van der Waals surface area contributed by atoms with Gasteiger partial charge in [0.2, 0.25) is 5.56 Å². The van der Waals surface area contributed by atoms with Crippen molar-refractivity contribution in [1.82, 2.24) is 15.2 Å². The topological polar surface area (TPSA) is 65.2 Å². The Balaban J connectivity index is 1.63. The van der Waals surface area contributed by atoms with Gasteiger partial charge in [-0.2, -0.15) is 11.3 Å². The van der Waals surface area contributed by atoms with Crippen LogP contribution in [0.2, 0.25) is 0 Å². The Bertz CT molecular complexity index is 821. The van der Waals surface area contributed by atoms with E-state index >= 15 is 0 Å². The summed E-state index contributed by atoms with van der Waals surface area (Å²) in [5.74, 6) is 0.0281. The zero-order valence-electron chi connectivity index (χ0n) is 14.4. The molecule has 25 heavy (non-hydrogen) atoms. The fraction of sp³-hybridized carbons (Fsp3) is 0.474. The van der Waals surface area contributed by atoms with E-state index in [1.54, 1.807) is 17.5 Å². The average Bonchev–Trinajstić information content (AvgIpc) is 3.04. The number of aryl methyl sites for hydroxylation is 1. The molecular weight excluding hydrogens is 334 g/mol. The molecule has 2 fully saturated rings. The molecule has 6 heteroatoms. The number of hydrogen-bond donors (Lipinski definition) is 2. The molecule has 0 bridgehead atoms. The first-order valence-electron chi connectivity index (χ1n) is 8.81. The molecule has 2 aromatic rings. The first-order valence-corrected chi connectivity index (χ1v) is 9.75. The number of carbonyl (C=O) groups is 1. The predicted molar refractivity (Wildman–Crippen MR) is 98.9 cm³/mol. The van der Waals surface area contributed by atoms with Crippen LogP contribution in [-0.2, 0) is 6.54 Å². The molecule has 1 aliphatic carbocycles. The van der Waals surface area contributed by atoms with Crippen LogP contribution in [0.15, 0.2) is 33.9 Å². The van der Waals surface area contributed by atoms with Gasteiger partial charge in [0.25, 0.3) is 5.91 Å². The molecule has 132 valence electrons. The molecule has 2 N–H and O–H groups in total. The summed E-state index contributed by atoms with van der Waals surface area (Å²) in [5, 5.41) is 7.58. The number of hydrogen-bond acceptors (Lipinski definition) is 4. The summed E-state index contributed by atoms with van der Waals surface area (Å²) >= 11 is 1.66. The zero-order valence-corrected chi connectivity index (χ0v) is 15.2. The molecule has 5 nitrogen and oxygen atoms in total. The Kier molecular flexibility index (Phi) is 4.25. The second-order valence-electron chi connectivity index (χ2n) is 7.29. The Hall–Kier alpha value is -1.92. The number of nitrogens with zero attached hydrogens (tertiary/aromatic N) is 1. The molecule has 1 saturated heterocycles. The Morgan fingerprint density at radius 1 is 1.40 bits per heavy atom. The fourth-order valence-electron chi connectivity index (χ4n) is 4.09. The van der Waals surface area contributed by atoms with E-state index in [1.165, 1.54) is 11.6 Å². The molecule has 0 radical (unpaired) electrons. The van der Waals surface area contributed by atoms with Gasteiger partial charge >= 0.3 is 0 Å². The van der Waals surface area contributed by atoms with E-state index in [9.17, 15) is 9.59 Å². The molecule has 2 aliphatic rings. The maximum Gasteiger partial charge on any atom is 0.256 e. The largest absolute Gasteiger partial charge is 0.331 e. The summed E-state index contributed by atoms with van der Waals surface area (Å²) in [4.78, 5) is 29.5. The number of piperidine rings is 1. The van der Waals surface area contributed by atoms with Crippen molar-refractivity contribution >= 4 is 17.2 Å². The minimum Gasteiger partial charge on any atom is -0.331 e. The van der Waals surface area contributed by atoms with Crippen LogP contribution in [-0.4, -0.2) is 34.9 Å². The molecular formula is C19H23N3O2S. The number of aromatic nitrogens is 1. The van der Waals surface area contributed by atoms with Crippen molar-refractivity contribution in [3.8, 4) is 0 Å². The summed E-state index contributed by atoms with van der Waals surface area (Å²) in [5.41, 5.74) is 2.64. The Morgan fingerprint density at radius 3 is 2.88 bits per heavy atom.